The molecular weight excluding hydrogens is 403 g/mol. The molecule has 4 rings (SSSR count). The quantitative estimate of drug-likeness (QED) is 0.475. The molecule has 0 fully saturated rings. The second-order valence-electron chi connectivity index (χ2n) is 6.55. The summed E-state index contributed by atoms with van der Waals surface area (Å²) in [6, 6.07) is 14.3. The van der Waals surface area contributed by atoms with Crippen LogP contribution in [0.4, 0.5) is 10.1 Å². The molecule has 0 spiro atoms. The number of amides is 1. The molecule has 0 bridgehead atoms. The fourth-order valence-electron chi connectivity index (χ4n) is 3.17. The van der Waals surface area contributed by atoms with Crippen molar-refractivity contribution in [3.8, 4) is 28.7 Å². The van der Waals surface area contributed by atoms with E-state index >= 15 is 0 Å². The number of hydrogen-bond acceptors (Lipinski definition) is 6. The van der Waals surface area contributed by atoms with Gasteiger partial charge < -0.3 is 23.9 Å². The first-order valence-corrected chi connectivity index (χ1v) is 9.31. The summed E-state index contributed by atoms with van der Waals surface area (Å²) in [6.07, 6.45) is 0. The molecule has 0 unspecified atom stereocenters. The summed E-state index contributed by atoms with van der Waals surface area (Å²) in [5.41, 5.74) is 2.05. The lowest BCUT2D eigenvalue weighted by Gasteiger charge is -2.14. The highest BCUT2D eigenvalue weighted by Gasteiger charge is 2.18. The third-order valence-corrected chi connectivity index (χ3v) is 4.68. The van der Waals surface area contributed by atoms with Gasteiger partial charge in [0.2, 0.25) is 11.6 Å². The van der Waals surface area contributed by atoms with E-state index in [2.05, 4.69) is 10.3 Å². The van der Waals surface area contributed by atoms with Gasteiger partial charge in [0.1, 0.15) is 11.3 Å². The van der Waals surface area contributed by atoms with E-state index in [9.17, 15) is 9.18 Å². The van der Waals surface area contributed by atoms with E-state index in [1.807, 2.05) is 0 Å². The predicted molar refractivity (Wildman–Crippen MR) is 113 cm³/mol. The first-order chi connectivity index (χ1) is 15.0. The molecule has 31 heavy (non-hydrogen) atoms. The van der Waals surface area contributed by atoms with E-state index in [0.29, 0.717) is 39.6 Å². The van der Waals surface area contributed by atoms with Crippen molar-refractivity contribution in [2.75, 3.05) is 26.6 Å². The van der Waals surface area contributed by atoms with Crippen LogP contribution < -0.4 is 19.5 Å². The van der Waals surface area contributed by atoms with Crippen LogP contribution in [0.15, 0.2) is 59.0 Å². The Kier molecular flexibility index (Phi) is 5.44. The van der Waals surface area contributed by atoms with Crippen molar-refractivity contribution in [1.29, 1.82) is 0 Å². The fourth-order valence-corrected chi connectivity index (χ4v) is 3.17. The van der Waals surface area contributed by atoms with Crippen LogP contribution in [0.5, 0.6) is 17.2 Å². The van der Waals surface area contributed by atoms with Crippen LogP contribution in [-0.2, 0) is 0 Å². The van der Waals surface area contributed by atoms with Crippen molar-refractivity contribution in [1.82, 2.24) is 4.98 Å². The number of benzene rings is 3. The van der Waals surface area contributed by atoms with E-state index in [1.165, 1.54) is 27.4 Å². The molecule has 8 heteroatoms. The number of carbonyl (C=O) groups excluding carboxylic acids is 1. The minimum Gasteiger partial charge on any atom is -0.493 e. The van der Waals surface area contributed by atoms with Gasteiger partial charge in [-0.25, -0.2) is 9.37 Å². The van der Waals surface area contributed by atoms with Crippen molar-refractivity contribution in [3.05, 3.63) is 66.0 Å². The number of nitrogens with zero attached hydrogens (tertiary/aromatic N) is 1. The Morgan fingerprint density at radius 2 is 1.68 bits per heavy atom. The van der Waals surface area contributed by atoms with Gasteiger partial charge >= 0.3 is 0 Å². The lowest BCUT2D eigenvalue weighted by molar-refractivity contribution is 0.102. The van der Waals surface area contributed by atoms with Gasteiger partial charge in [-0.3, -0.25) is 4.79 Å². The van der Waals surface area contributed by atoms with Crippen LogP contribution in [0.3, 0.4) is 0 Å². The summed E-state index contributed by atoms with van der Waals surface area (Å²) >= 11 is 0. The summed E-state index contributed by atoms with van der Waals surface area (Å²) in [5, 5.41) is 2.80. The van der Waals surface area contributed by atoms with Gasteiger partial charge in [-0.15, -0.1) is 0 Å². The summed E-state index contributed by atoms with van der Waals surface area (Å²) in [7, 11) is 4.44. The van der Waals surface area contributed by atoms with Crippen LogP contribution in [0.25, 0.3) is 22.6 Å². The minimum absolute atomic E-state index is 0.168. The molecule has 1 aromatic heterocycles. The van der Waals surface area contributed by atoms with Gasteiger partial charge in [-0.05, 0) is 42.5 Å². The van der Waals surface area contributed by atoms with Crippen LogP contribution in [0.1, 0.15) is 10.4 Å². The van der Waals surface area contributed by atoms with Gasteiger partial charge in [0.25, 0.3) is 5.91 Å². The SMILES string of the molecule is COc1cc(C(=O)Nc2ccc3oc(-c4ccccc4F)nc3c2)cc(OC)c1OC. The molecular formula is C23H19FN2O5. The van der Waals surface area contributed by atoms with Crippen LogP contribution in [-0.4, -0.2) is 32.2 Å². The molecule has 3 aromatic carbocycles. The highest BCUT2D eigenvalue weighted by molar-refractivity contribution is 6.05. The summed E-state index contributed by atoms with van der Waals surface area (Å²) in [6.45, 7) is 0. The van der Waals surface area contributed by atoms with E-state index in [0.717, 1.165) is 0 Å². The molecule has 0 saturated carbocycles. The number of anilines is 1. The van der Waals surface area contributed by atoms with Crippen molar-refractivity contribution in [2.24, 2.45) is 0 Å². The Morgan fingerprint density at radius 1 is 0.968 bits per heavy atom. The third-order valence-electron chi connectivity index (χ3n) is 4.68. The van der Waals surface area contributed by atoms with Gasteiger partial charge in [0, 0.05) is 11.3 Å². The second kappa shape index (κ2) is 8.35. The summed E-state index contributed by atoms with van der Waals surface area (Å²) in [4.78, 5) is 17.1. The number of rotatable bonds is 6. The molecule has 0 radical (unpaired) electrons. The Labute approximate surface area is 177 Å². The highest BCUT2D eigenvalue weighted by atomic mass is 19.1. The standard InChI is InChI=1S/C23H19FN2O5/c1-28-19-10-13(11-20(29-2)21(19)30-3)22(27)25-14-8-9-18-17(12-14)26-23(31-18)15-6-4-5-7-16(15)24/h4-12H,1-3H3,(H,25,27). The number of hydrogen-bond donors (Lipinski definition) is 1. The predicted octanol–water partition coefficient (Wildman–Crippen LogP) is 4.91. The largest absolute Gasteiger partial charge is 0.493 e. The normalized spacial score (nSPS) is 10.7. The van der Waals surface area contributed by atoms with E-state index < -0.39 is 5.82 Å². The third kappa shape index (κ3) is 3.87. The van der Waals surface area contributed by atoms with Crippen LogP contribution in [0, 0.1) is 5.82 Å². The lowest BCUT2D eigenvalue weighted by Crippen LogP contribution is -2.12. The van der Waals surface area contributed by atoms with E-state index in [1.54, 1.807) is 48.5 Å². The molecule has 0 aliphatic heterocycles. The average molecular weight is 422 g/mol. The lowest BCUT2D eigenvalue weighted by atomic mass is 10.1. The second-order valence-corrected chi connectivity index (χ2v) is 6.55. The van der Waals surface area contributed by atoms with Crippen molar-refractivity contribution in [2.45, 2.75) is 0 Å². The maximum Gasteiger partial charge on any atom is 0.255 e. The maximum absolute atomic E-state index is 14.0. The number of aromatic nitrogens is 1. The number of oxazole rings is 1. The van der Waals surface area contributed by atoms with Crippen molar-refractivity contribution < 1.29 is 27.8 Å². The number of carbonyl (C=O) groups is 1. The zero-order chi connectivity index (χ0) is 22.0. The maximum atomic E-state index is 14.0. The van der Waals surface area contributed by atoms with Crippen LogP contribution in [0.2, 0.25) is 0 Å². The zero-order valence-corrected chi connectivity index (χ0v) is 17.1. The molecule has 0 aliphatic carbocycles. The first-order valence-electron chi connectivity index (χ1n) is 9.31. The molecule has 0 saturated heterocycles. The fraction of sp³-hybridized carbons (Fsp3) is 0.130. The molecule has 0 aliphatic rings. The van der Waals surface area contributed by atoms with Crippen molar-refractivity contribution >= 4 is 22.7 Å². The number of fused-ring (bicyclic) bond motifs is 1. The molecule has 7 nitrogen and oxygen atoms in total. The van der Waals surface area contributed by atoms with Gasteiger partial charge in [-0.2, -0.15) is 0 Å². The Morgan fingerprint density at radius 3 is 2.32 bits per heavy atom. The topological polar surface area (TPSA) is 82.8 Å². The minimum atomic E-state index is -0.426. The summed E-state index contributed by atoms with van der Waals surface area (Å²) < 4.78 is 35.6. The monoisotopic (exact) mass is 422 g/mol. The van der Waals surface area contributed by atoms with E-state index in [4.69, 9.17) is 18.6 Å². The number of nitrogens with one attached hydrogen (secondary N) is 1. The molecule has 1 amide bonds. The zero-order valence-electron chi connectivity index (χ0n) is 17.1. The molecule has 1 heterocycles. The number of ether oxygens (including phenoxy) is 3. The summed E-state index contributed by atoms with van der Waals surface area (Å²) in [5.74, 6) is 0.496. The Bertz CT molecular complexity index is 1240. The number of halogens is 1. The van der Waals surface area contributed by atoms with Crippen molar-refractivity contribution in [3.63, 3.8) is 0 Å². The molecule has 1 N–H and O–H groups in total. The molecule has 158 valence electrons. The smallest absolute Gasteiger partial charge is 0.255 e. The first kappa shape index (κ1) is 20.2. The van der Waals surface area contributed by atoms with Gasteiger partial charge in [-0.1, -0.05) is 12.1 Å². The molecule has 4 aromatic rings. The van der Waals surface area contributed by atoms with Crippen LogP contribution >= 0.6 is 0 Å². The average Bonchev–Trinajstić information content (AvgIpc) is 3.21. The van der Waals surface area contributed by atoms with E-state index in [-0.39, 0.29) is 17.4 Å². The number of methoxy groups -OCH3 is 3. The highest BCUT2D eigenvalue weighted by Crippen LogP contribution is 2.38. The van der Waals surface area contributed by atoms with Gasteiger partial charge in [0.05, 0.1) is 26.9 Å². The Balaban J connectivity index is 1.63. The Hall–Kier alpha value is -4.07. The molecule has 0 atom stereocenters. The van der Waals surface area contributed by atoms with Gasteiger partial charge in [0.15, 0.2) is 17.1 Å².